The van der Waals surface area contributed by atoms with Gasteiger partial charge in [0.1, 0.15) is 10.8 Å². The van der Waals surface area contributed by atoms with E-state index in [2.05, 4.69) is 17.6 Å². The Bertz CT molecular complexity index is 1350. The second-order valence-electron chi connectivity index (χ2n) is 9.42. The largest absolute Gasteiger partial charge is 0.481 e. The van der Waals surface area contributed by atoms with E-state index in [1.807, 2.05) is 6.92 Å². The lowest BCUT2D eigenvalue weighted by Gasteiger charge is -2.18. The number of thiophene rings is 1. The van der Waals surface area contributed by atoms with Gasteiger partial charge < -0.3 is 20.1 Å². The Labute approximate surface area is 231 Å². The van der Waals surface area contributed by atoms with E-state index < -0.39 is 12.1 Å². The zero-order chi connectivity index (χ0) is 27.4. The Balaban J connectivity index is 1.43. The van der Waals surface area contributed by atoms with Crippen molar-refractivity contribution >= 4 is 51.4 Å². The molecule has 0 fully saturated rings. The topological polar surface area (TPSA) is 93.7 Å². The SMILES string of the molecule is CCOC(=O)c1c(NC(=O)c2ccc(O[C@H](C)C(=O)Nc3cccc(Cl)c3C)cc2)sc2c1CC[C@@H](C)C2. The molecule has 3 aromatic rings. The molecular weight excluding hydrogens is 524 g/mol. The molecule has 0 radical (unpaired) electrons. The van der Waals surface area contributed by atoms with Crippen molar-refractivity contribution in [1.82, 2.24) is 0 Å². The molecule has 0 bridgehead atoms. The number of nitrogens with one attached hydrogen (secondary N) is 2. The predicted molar refractivity (Wildman–Crippen MR) is 151 cm³/mol. The second-order valence-corrected chi connectivity index (χ2v) is 10.9. The molecule has 7 nitrogen and oxygen atoms in total. The van der Waals surface area contributed by atoms with Crippen LogP contribution < -0.4 is 15.4 Å². The van der Waals surface area contributed by atoms with Crippen LogP contribution in [0.2, 0.25) is 5.02 Å². The van der Waals surface area contributed by atoms with E-state index in [4.69, 9.17) is 21.1 Å². The summed E-state index contributed by atoms with van der Waals surface area (Å²) in [6.07, 6.45) is 1.91. The van der Waals surface area contributed by atoms with Crippen LogP contribution in [0.1, 0.15) is 63.9 Å². The lowest BCUT2D eigenvalue weighted by atomic mass is 9.88. The lowest BCUT2D eigenvalue weighted by Crippen LogP contribution is -2.30. The number of carbonyl (C=O) groups is 3. The number of anilines is 2. The van der Waals surface area contributed by atoms with Crippen LogP contribution in [-0.4, -0.2) is 30.5 Å². The monoisotopic (exact) mass is 554 g/mol. The summed E-state index contributed by atoms with van der Waals surface area (Å²) in [5, 5.41) is 6.83. The first-order valence-corrected chi connectivity index (χ1v) is 13.8. The maximum Gasteiger partial charge on any atom is 0.341 e. The number of ether oxygens (including phenoxy) is 2. The Morgan fingerprint density at radius 1 is 1.13 bits per heavy atom. The molecular formula is C29H31ClN2O5S. The number of carbonyl (C=O) groups excluding carboxylic acids is 3. The highest BCUT2D eigenvalue weighted by atomic mass is 35.5. The molecule has 2 atom stereocenters. The summed E-state index contributed by atoms with van der Waals surface area (Å²) in [5.74, 6) is -0.0828. The van der Waals surface area contributed by atoms with Gasteiger partial charge in [-0.3, -0.25) is 9.59 Å². The Morgan fingerprint density at radius 2 is 1.87 bits per heavy atom. The zero-order valence-electron chi connectivity index (χ0n) is 21.9. The van der Waals surface area contributed by atoms with E-state index in [-0.39, 0.29) is 18.4 Å². The van der Waals surface area contributed by atoms with Crippen LogP contribution in [0, 0.1) is 12.8 Å². The Morgan fingerprint density at radius 3 is 2.58 bits per heavy atom. The standard InChI is InChI=1S/C29H31ClN2O5S/c1-5-36-29(35)25-21-14-9-16(2)15-24(21)38-28(25)32-27(34)19-10-12-20(13-11-19)37-18(4)26(33)31-23-8-6-7-22(30)17(23)3/h6-8,10-13,16,18H,5,9,14-15H2,1-4H3,(H,31,33)(H,32,34)/t16-,18-/m1/s1. The van der Waals surface area contributed by atoms with Crippen LogP contribution in [0.25, 0.3) is 0 Å². The van der Waals surface area contributed by atoms with Crippen molar-refractivity contribution in [2.75, 3.05) is 17.2 Å². The molecule has 4 rings (SSSR count). The molecule has 200 valence electrons. The molecule has 1 heterocycles. The number of hydrogen-bond acceptors (Lipinski definition) is 6. The van der Waals surface area contributed by atoms with E-state index in [0.717, 1.165) is 35.3 Å². The van der Waals surface area contributed by atoms with E-state index in [9.17, 15) is 14.4 Å². The first kappa shape index (κ1) is 27.7. The van der Waals surface area contributed by atoms with E-state index in [1.54, 1.807) is 56.3 Å². The quantitative estimate of drug-likeness (QED) is 0.303. The van der Waals surface area contributed by atoms with Crippen molar-refractivity contribution < 1.29 is 23.9 Å². The van der Waals surface area contributed by atoms with Crippen molar-refractivity contribution in [2.45, 2.75) is 53.1 Å². The fraction of sp³-hybridized carbons (Fsp3) is 0.345. The fourth-order valence-electron chi connectivity index (χ4n) is 4.35. The van der Waals surface area contributed by atoms with Crippen LogP contribution in [0.5, 0.6) is 5.75 Å². The number of hydrogen-bond donors (Lipinski definition) is 2. The molecule has 38 heavy (non-hydrogen) atoms. The van der Waals surface area contributed by atoms with Gasteiger partial charge in [0.2, 0.25) is 0 Å². The van der Waals surface area contributed by atoms with Gasteiger partial charge in [0.05, 0.1) is 12.2 Å². The van der Waals surface area contributed by atoms with Crippen LogP contribution in [-0.2, 0) is 22.4 Å². The number of amides is 2. The molecule has 1 aliphatic carbocycles. The average Bonchev–Trinajstić information content (AvgIpc) is 3.24. The minimum absolute atomic E-state index is 0.268. The fourth-order valence-corrected chi connectivity index (χ4v) is 5.92. The number of halogens is 1. The van der Waals surface area contributed by atoms with Crippen molar-refractivity contribution in [3.8, 4) is 5.75 Å². The Hall–Kier alpha value is -3.36. The molecule has 0 saturated heterocycles. The highest BCUT2D eigenvalue weighted by Crippen LogP contribution is 2.40. The van der Waals surface area contributed by atoms with Crippen LogP contribution in [0.4, 0.5) is 10.7 Å². The molecule has 1 aliphatic rings. The third kappa shape index (κ3) is 6.19. The Kier molecular flexibility index (Phi) is 8.74. The highest BCUT2D eigenvalue weighted by molar-refractivity contribution is 7.17. The maximum absolute atomic E-state index is 13.1. The van der Waals surface area contributed by atoms with E-state index >= 15 is 0 Å². The van der Waals surface area contributed by atoms with Gasteiger partial charge in [-0.15, -0.1) is 11.3 Å². The molecule has 9 heteroatoms. The van der Waals surface area contributed by atoms with Crippen molar-refractivity contribution in [3.63, 3.8) is 0 Å². The van der Waals surface area contributed by atoms with Gasteiger partial charge in [-0.1, -0.05) is 24.6 Å². The van der Waals surface area contributed by atoms with Crippen molar-refractivity contribution in [2.24, 2.45) is 5.92 Å². The van der Waals surface area contributed by atoms with Gasteiger partial charge in [0.25, 0.3) is 11.8 Å². The molecule has 2 aromatic carbocycles. The third-order valence-electron chi connectivity index (χ3n) is 6.54. The number of rotatable bonds is 8. The van der Waals surface area contributed by atoms with Gasteiger partial charge in [-0.25, -0.2) is 4.79 Å². The predicted octanol–water partition coefficient (Wildman–Crippen LogP) is 6.67. The smallest absolute Gasteiger partial charge is 0.341 e. The van der Waals surface area contributed by atoms with Crippen LogP contribution in [0.3, 0.4) is 0 Å². The molecule has 2 N–H and O–H groups in total. The first-order chi connectivity index (χ1) is 18.2. The number of esters is 1. The van der Waals surface area contributed by atoms with Gasteiger partial charge in [0.15, 0.2) is 6.10 Å². The third-order valence-corrected chi connectivity index (χ3v) is 8.12. The normalized spacial score (nSPS) is 15.2. The summed E-state index contributed by atoms with van der Waals surface area (Å²) in [7, 11) is 0. The van der Waals surface area contributed by atoms with Crippen LogP contribution in [0.15, 0.2) is 42.5 Å². The first-order valence-electron chi connectivity index (χ1n) is 12.6. The number of benzene rings is 2. The minimum Gasteiger partial charge on any atom is -0.481 e. The van der Waals surface area contributed by atoms with E-state index in [0.29, 0.717) is 38.5 Å². The molecule has 0 unspecified atom stereocenters. The summed E-state index contributed by atoms with van der Waals surface area (Å²) in [6.45, 7) is 7.70. The molecule has 2 amide bonds. The zero-order valence-corrected chi connectivity index (χ0v) is 23.4. The van der Waals surface area contributed by atoms with Crippen LogP contribution >= 0.6 is 22.9 Å². The molecule has 0 aliphatic heterocycles. The molecule has 0 spiro atoms. The minimum atomic E-state index is -0.778. The van der Waals surface area contributed by atoms with Crippen molar-refractivity contribution in [1.29, 1.82) is 0 Å². The molecule has 1 aromatic heterocycles. The van der Waals surface area contributed by atoms with Gasteiger partial charge >= 0.3 is 5.97 Å². The lowest BCUT2D eigenvalue weighted by molar-refractivity contribution is -0.122. The van der Waals surface area contributed by atoms with Crippen molar-refractivity contribution in [3.05, 3.63) is 74.6 Å². The highest BCUT2D eigenvalue weighted by Gasteiger charge is 2.29. The summed E-state index contributed by atoms with van der Waals surface area (Å²) in [4.78, 5) is 39.5. The van der Waals surface area contributed by atoms with Gasteiger partial charge in [0, 0.05) is 21.2 Å². The number of fused-ring (bicyclic) bond motifs is 1. The maximum atomic E-state index is 13.1. The summed E-state index contributed by atoms with van der Waals surface area (Å²) >= 11 is 7.58. The van der Waals surface area contributed by atoms with E-state index in [1.165, 1.54) is 11.3 Å². The molecule has 0 saturated carbocycles. The second kappa shape index (κ2) is 12.0. The van der Waals surface area contributed by atoms with Gasteiger partial charge in [-0.2, -0.15) is 0 Å². The van der Waals surface area contributed by atoms with Gasteiger partial charge in [-0.05, 0) is 93.5 Å². The average molecular weight is 555 g/mol. The summed E-state index contributed by atoms with van der Waals surface area (Å²) < 4.78 is 11.1. The summed E-state index contributed by atoms with van der Waals surface area (Å²) in [6, 6.07) is 11.8. The summed E-state index contributed by atoms with van der Waals surface area (Å²) in [5.41, 5.74) is 3.26.